The van der Waals surface area contributed by atoms with Crippen molar-refractivity contribution in [3.8, 4) is 5.75 Å². The van der Waals surface area contributed by atoms with Crippen LogP contribution < -0.4 is 9.46 Å². The topological polar surface area (TPSA) is 98.5 Å². The first-order chi connectivity index (χ1) is 10.9. The van der Waals surface area contributed by atoms with Crippen molar-refractivity contribution in [3.63, 3.8) is 0 Å². The van der Waals surface area contributed by atoms with Crippen LogP contribution in [-0.2, 0) is 10.0 Å². The lowest BCUT2D eigenvalue weighted by molar-refractivity contribution is -0.387. The predicted molar refractivity (Wildman–Crippen MR) is 88.7 cm³/mol. The third kappa shape index (κ3) is 3.74. The minimum absolute atomic E-state index is 0.208. The molecule has 2 aromatic carbocycles. The molecule has 0 saturated heterocycles. The summed E-state index contributed by atoms with van der Waals surface area (Å²) in [5, 5.41) is 11.2. The van der Waals surface area contributed by atoms with E-state index in [4.69, 9.17) is 4.74 Å². The molecule has 9 heteroatoms. The highest BCUT2D eigenvalue weighted by Crippen LogP contribution is 2.32. The van der Waals surface area contributed by atoms with E-state index in [-0.39, 0.29) is 5.75 Å². The van der Waals surface area contributed by atoms with Crippen molar-refractivity contribution in [2.24, 2.45) is 0 Å². The van der Waals surface area contributed by atoms with Gasteiger partial charge in [-0.3, -0.25) is 14.8 Å². The van der Waals surface area contributed by atoms with E-state index >= 15 is 0 Å². The van der Waals surface area contributed by atoms with Crippen LogP contribution in [0.5, 0.6) is 5.75 Å². The largest absolute Gasteiger partial charge is 0.497 e. The molecule has 0 atom stereocenters. The number of anilines is 1. The lowest BCUT2D eigenvalue weighted by Crippen LogP contribution is -2.15. The van der Waals surface area contributed by atoms with E-state index in [0.717, 1.165) is 12.1 Å². The number of hydrogen-bond donors (Lipinski definition) is 1. The highest BCUT2D eigenvalue weighted by Gasteiger charge is 2.27. The summed E-state index contributed by atoms with van der Waals surface area (Å²) in [5.41, 5.74) is -0.177. The number of benzene rings is 2. The average Bonchev–Trinajstić information content (AvgIpc) is 2.54. The number of ether oxygens (including phenoxy) is 1. The summed E-state index contributed by atoms with van der Waals surface area (Å²) in [4.78, 5) is 10.7. The first-order valence-corrected chi connectivity index (χ1v) is 9.08. The molecule has 2 rings (SSSR count). The number of methoxy groups -OCH3 is 1. The van der Waals surface area contributed by atoms with E-state index in [1.807, 2.05) is 6.26 Å². The van der Waals surface area contributed by atoms with Crippen molar-refractivity contribution in [1.82, 2.24) is 0 Å². The van der Waals surface area contributed by atoms with Gasteiger partial charge in [0.1, 0.15) is 5.75 Å². The molecule has 0 amide bonds. The molecule has 0 heterocycles. The maximum Gasteiger partial charge on any atom is 0.293 e. The predicted octanol–water partition coefficient (Wildman–Crippen LogP) is 3.13. The zero-order valence-electron chi connectivity index (χ0n) is 12.3. The van der Waals surface area contributed by atoms with E-state index < -0.39 is 25.5 Å². The number of sulfonamides is 1. The summed E-state index contributed by atoms with van der Waals surface area (Å²) in [5.74, 6) is 0.208. The average molecular weight is 354 g/mol. The molecule has 0 fully saturated rings. The van der Waals surface area contributed by atoms with Gasteiger partial charge in [-0.2, -0.15) is 0 Å². The fourth-order valence-electron chi connectivity index (χ4n) is 1.92. The maximum absolute atomic E-state index is 12.5. The monoisotopic (exact) mass is 354 g/mol. The number of nitro benzene ring substituents is 1. The van der Waals surface area contributed by atoms with Gasteiger partial charge in [0.25, 0.3) is 15.7 Å². The minimum atomic E-state index is -4.11. The highest BCUT2D eigenvalue weighted by atomic mass is 32.2. The van der Waals surface area contributed by atoms with Crippen molar-refractivity contribution in [2.45, 2.75) is 9.79 Å². The summed E-state index contributed by atoms with van der Waals surface area (Å²) in [6.07, 6.45) is 1.81. The number of nitrogens with zero attached hydrogens (tertiary/aromatic N) is 1. The molecule has 0 radical (unpaired) electrons. The van der Waals surface area contributed by atoms with Crippen molar-refractivity contribution in [1.29, 1.82) is 0 Å². The van der Waals surface area contributed by atoms with Gasteiger partial charge in [-0.1, -0.05) is 12.1 Å². The normalized spacial score (nSPS) is 11.0. The second-order valence-electron chi connectivity index (χ2n) is 4.40. The number of nitrogens with one attached hydrogen (secondary N) is 1. The fourth-order valence-corrected chi connectivity index (χ4v) is 3.77. The third-order valence-electron chi connectivity index (χ3n) is 3.00. The number of hydrogen-bond acceptors (Lipinski definition) is 6. The van der Waals surface area contributed by atoms with Crippen LogP contribution in [0.4, 0.5) is 11.4 Å². The van der Waals surface area contributed by atoms with Gasteiger partial charge in [-0.15, -0.1) is 11.8 Å². The van der Waals surface area contributed by atoms with E-state index in [0.29, 0.717) is 10.6 Å². The molecule has 0 saturated carbocycles. The van der Waals surface area contributed by atoms with Gasteiger partial charge in [-0.05, 0) is 30.5 Å². The van der Waals surface area contributed by atoms with Crippen molar-refractivity contribution < 1.29 is 18.1 Å². The Morgan fingerprint density at radius 2 is 1.91 bits per heavy atom. The zero-order valence-corrected chi connectivity index (χ0v) is 14.0. The lowest BCUT2D eigenvalue weighted by Gasteiger charge is -2.12. The van der Waals surface area contributed by atoms with Crippen molar-refractivity contribution >= 4 is 33.2 Å². The first-order valence-electron chi connectivity index (χ1n) is 6.37. The van der Waals surface area contributed by atoms with E-state index in [9.17, 15) is 18.5 Å². The SMILES string of the molecule is COc1ccc(S(=O)(=O)Nc2ccccc2SC)c([N+](=O)[O-])c1. The standard InChI is InChI=1S/C14H14N2O5S2/c1-21-10-7-8-14(12(9-10)16(17)18)23(19,20)15-11-5-3-4-6-13(11)22-2/h3-9,15H,1-2H3. The summed E-state index contributed by atoms with van der Waals surface area (Å²) in [7, 11) is -2.76. The summed E-state index contributed by atoms with van der Waals surface area (Å²) >= 11 is 1.37. The molecule has 0 aliphatic heterocycles. The van der Waals surface area contributed by atoms with Gasteiger partial charge < -0.3 is 4.74 Å². The minimum Gasteiger partial charge on any atom is -0.497 e. The van der Waals surface area contributed by atoms with E-state index in [2.05, 4.69) is 4.72 Å². The van der Waals surface area contributed by atoms with Crippen LogP contribution in [0.3, 0.4) is 0 Å². The Balaban J connectivity index is 2.50. The van der Waals surface area contributed by atoms with Crippen LogP contribution in [0.1, 0.15) is 0 Å². The third-order valence-corrected chi connectivity index (χ3v) is 5.21. The van der Waals surface area contributed by atoms with Gasteiger partial charge in [-0.25, -0.2) is 8.42 Å². The van der Waals surface area contributed by atoms with Gasteiger partial charge in [0.2, 0.25) is 0 Å². The van der Waals surface area contributed by atoms with Crippen LogP contribution in [0.2, 0.25) is 0 Å². The summed E-state index contributed by atoms with van der Waals surface area (Å²) in [6, 6.07) is 10.4. The Morgan fingerprint density at radius 3 is 2.52 bits per heavy atom. The van der Waals surface area contributed by atoms with E-state index in [1.165, 1.54) is 24.9 Å². The summed E-state index contributed by atoms with van der Waals surface area (Å²) in [6.45, 7) is 0. The molecule has 122 valence electrons. The van der Waals surface area contributed by atoms with Crippen LogP contribution in [0, 0.1) is 10.1 Å². The Morgan fingerprint density at radius 1 is 1.22 bits per heavy atom. The molecular formula is C14H14N2O5S2. The number of para-hydroxylation sites is 1. The quantitative estimate of drug-likeness (QED) is 0.486. The van der Waals surface area contributed by atoms with Gasteiger partial charge >= 0.3 is 0 Å². The van der Waals surface area contributed by atoms with Gasteiger partial charge in [0.15, 0.2) is 4.90 Å². The Labute approximate surface area is 137 Å². The number of nitro groups is 1. The number of thioether (sulfide) groups is 1. The Bertz CT molecular complexity index is 837. The molecule has 2 aromatic rings. The molecule has 0 spiro atoms. The molecule has 7 nitrogen and oxygen atoms in total. The molecule has 1 N–H and O–H groups in total. The number of rotatable bonds is 6. The molecule has 0 aromatic heterocycles. The van der Waals surface area contributed by atoms with Crippen LogP contribution >= 0.6 is 11.8 Å². The second kappa shape index (κ2) is 6.88. The molecule has 0 bridgehead atoms. The second-order valence-corrected chi connectivity index (χ2v) is 6.90. The molecular weight excluding hydrogens is 340 g/mol. The smallest absolute Gasteiger partial charge is 0.293 e. The molecule has 0 unspecified atom stereocenters. The van der Waals surface area contributed by atoms with Gasteiger partial charge in [0, 0.05) is 4.90 Å². The molecule has 0 aliphatic carbocycles. The van der Waals surface area contributed by atoms with Crippen LogP contribution in [-0.4, -0.2) is 26.7 Å². The van der Waals surface area contributed by atoms with Crippen molar-refractivity contribution in [2.75, 3.05) is 18.1 Å². The van der Waals surface area contributed by atoms with Gasteiger partial charge in [0.05, 0.1) is 23.8 Å². The zero-order chi connectivity index (χ0) is 17.0. The van der Waals surface area contributed by atoms with Crippen LogP contribution in [0.15, 0.2) is 52.3 Å². The fraction of sp³-hybridized carbons (Fsp3) is 0.143. The molecule has 0 aliphatic rings. The highest BCUT2D eigenvalue weighted by molar-refractivity contribution is 7.99. The van der Waals surface area contributed by atoms with Crippen molar-refractivity contribution in [3.05, 3.63) is 52.6 Å². The Hall–Kier alpha value is -2.26. The first kappa shape index (κ1) is 17.1. The maximum atomic E-state index is 12.5. The summed E-state index contributed by atoms with van der Waals surface area (Å²) < 4.78 is 32.4. The lowest BCUT2D eigenvalue weighted by atomic mass is 10.3. The molecule has 23 heavy (non-hydrogen) atoms. The van der Waals surface area contributed by atoms with Crippen LogP contribution in [0.25, 0.3) is 0 Å². The van der Waals surface area contributed by atoms with E-state index in [1.54, 1.807) is 24.3 Å². The Kier molecular flexibility index (Phi) is 5.12.